The molecule has 0 bridgehead atoms. The van der Waals surface area contributed by atoms with E-state index in [0.717, 1.165) is 4.90 Å². The van der Waals surface area contributed by atoms with Gasteiger partial charge in [0.15, 0.2) is 12.0 Å². The van der Waals surface area contributed by atoms with E-state index in [4.69, 9.17) is 9.15 Å². The summed E-state index contributed by atoms with van der Waals surface area (Å²) in [5, 5.41) is 1.63. The number of aromatic nitrogens is 1. The van der Waals surface area contributed by atoms with Crippen LogP contribution in [0, 0.1) is 0 Å². The number of hydrogen-bond donors (Lipinski definition) is 1. The van der Waals surface area contributed by atoms with Crippen molar-refractivity contribution in [3.63, 3.8) is 0 Å². The number of oxazole rings is 1. The summed E-state index contributed by atoms with van der Waals surface area (Å²) in [6.07, 6.45) is -3.86. The zero-order valence-corrected chi connectivity index (χ0v) is 11.7. The van der Waals surface area contributed by atoms with Gasteiger partial charge in [-0.25, -0.2) is 4.98 Å². The van der Waals surface area contributed by atoms with Gasteiger partial charge in [0.1, 0.15) is 23.9 Å². The summed E-state index contributed by atoms with van der Waals surface area (Å²) < 4.78 is 47.5. The Balaban J connectivity index is 1.91. The fraction of sp³-hybridized carbons (Fsp3) is 0.308. The Morgan fingerprint density at radius 2 is 2.17 bits per heavy atom. The molecule has 7 nitrogen and oxygen atoms in total. The van der Waals surface area contributed by atoms with Gasteiger partial charge in [-0.15, -0.1) is 0 Å². The Kier molecular flexibility index (Phi) is 3.38. The Labute approximate surface area is 127 Å². The van der Waals surface area contributed by atoms with Crippen molar-refractivity contribution in [1.29, 1.82) is 0 Å². The number of ether oxygens (including phenoxy) is 1. The van der Waals surface area contributed by atoms with Crippen LogP contribution in [0.1, 0.15) is 0 Å². The molecule has 2 heterocycles. The lowest BCUT2D eigenvalue weighted by Crippen LogP contribution is -2.52. The summed E-state index contributed by atoms with van der Waals surface area (Å²) in [4.78, 5) is 28.3. The van der Waals surface area contributed by atoms with E-state index in [1.165, 1.54) is 25.6 Å². The molecule has 0 saturated heterocycles. The number of anilines is 1. The van der Waals surface area contributed by atoms with Crippen LogP contribution in [-0.4, -0.2) is 42.7 Å². The second-order valence-corrected chi connectivity index (χ2v) is 4.87. The number of benzene rings is 1. The lowest BCUT2D eigenvalue weighted by Gasteiger charge is -2.20. The standard InChI is InChI=1S/C13H10F3N3O4/c1-19-8-2-6-9(23-5-17-6)3-10(8)22-4-7(11(19)20)18-12(21)13(14,15)16/h2-3,5,7H,4H2,1H3,(H,18,21)/t7-/m0/s1. The number of fused-ring (bicyclic) bond motifs is 2. The first-order valence-electron chi connectivity index (χ1n) is 6.42. The van der Waals surface area contributed by atoms with E-state index in [9.17, 15) is 22.8 Å². The van der Waals surface area contributed by atoms with Crippen molar-refractivity contribution in [2.24, 2.45) is 0 Å². The number of alkyl halides is 3. The van der Waals surface area contributed by atoms with Gasteiger partial charge in [-0.2, -0.15) is 13.2 Å². The predicted octanol–water partition coefficient (Wildman–Crippen LogP) is 1.23. The van der Waals surface area contributed by atoms with Crippen molar-refractivity contribution in [2.45, 2.75) is 12.2 Å². The first kappa shape index (κ1) is 15.1. The number of carbonyl (C=O) groups excluding carboxylic acids is 2. The minimum atomic E-state index is -5.08. The van der Waals surface area contributed by atoms with Crippen LogP contribution in [0.4, 0.5) is 18.9 Å². The van der Waals surface area contributed by atoms with Crippen LogP contribution in [0.25, 0.3) is 11.1 Å². The largest absolute Gasteiger partial charge is 0.489 e. The number of amides is 2. The summed E-state index contributed by atoms with van der Waals surface area (Å²) in [6.45, 7) is -0.433. The van der Waals surface area contributed by atoms with Crippen molar-refractivity contribution >= 4 is 28.6 Å². The third-order valence-electron chi connectivity index (χ3n) is 3.37. The summed E-state index contributed by atoms with van der Waals surface area (Å²) in [5.41, 5.74) is 1.19. The number of nitrogens with one attached hydrogen (secondary N) is 1. The zero-order valence-electron chi connectivity index (χ0n) is 11.7. The predicted molar refractivity (Wildman–Crippen MR) is 70.9 cm³/mol. The van der Waals surface area contributed by atoms with Gasteiger partial charge >= 0.3 is 12.1 Å². The van der Waals surface area contributed by atoms with Crippen molar-refractivity contribution in [1.82, 2.24) is 10.3 Å². The Morgan fingerprint density at radius 3 is 2.87 bits per heavy atom. The number of hydrogen-bond acceptors (Lipinski definition) is 5. The number of rotatable bonds is 1. The summed E-state index contributed by atoms with van der Waals surface area (Å²) in [5.74, 6) is -2.69. The van der Waals surface area contributed by atoms with Crippen molar-refractivity contribution in [2.75, 3.05) is 18.6 Å². The normalized spacial score (nSPS) is 18.3. The number of halogens is 3. The van der Waals surface area contributed by atoms with Crippen molar-refractivity contribution in [3.8, 4) is 5.75 Å². The molecule has 0 saturated carbocycles. The molecule has 1 atom stereocenters. The molecule has 1 N–H and O–H groups in total. The smallest absolute Gasteiger partial charge is 0.471 e. The van der Waals surface area contributed by atoms with Gasteiger partial charge in [-0.05, 0) is 6.07 Å². The summed E-state index contributed by atoms with van der Waals surface area (Å²) in [7, 11) is 1.37. The quantitative estimate of drug-likeness (QED) is 0.851. The van der Waals surface area contributed by atoms with Crippen LogP contribution in [0.3, 0.4) is 0 Å². The molecular formula is C13H10F3N3O4. The van der Waals surface area contributed by atoms with Gasteiger partial charge in [0.05, 0.1) is 5.69 Å². The first-order chi connectivity index (χ1) is 10.8. The molecule has 0 spiro atoms. The van der Waals surface area contributed by atoms with Gasteiger partial charge < -0.3 is 19.4 Å². The molecule has 1 aliphatic heterocycles. The molecule has 122 valence electrons. The van der Waals surface area contributed by atoms with Crippen LogP contribution in [0.15, 0.2) is 22.9 Å². The van der Waals surface area contributed by atoms with Crippen molar-refractivity contribution < 1.29 is 31.9 Å². The number of likely N-dealkylation sites (N-methyl/N-ethyl adjacent to an activating group) is 1. The maximum Gasteiger partial charge on any atom is 0.471 e. The zero-order chi connectivity index (χ0) is 16.8. The van der Waals surface area contributed by atoms with Gasteiger partial charge in [-0.3, -0.25) is 9.59 Å². The molecule has 10 heteroatoms. The van der Waals surface area contributed by atoms with E-state index in [1.54, 1.807) is 5.32 Å². The van der Waals surface area contributed by atoms with Gasteiger partial charge in [0.25, 0.3) is 5.91 Å². The van der Waals surface area contributed by atoms with E-state index >= 15 is 0 Å². The van der Waals surface area contributed by atoms with Crippen LogP contribution in [-0.2, 0) is 9.59 Å². The van der Waals surface area contributed by atoms with Crippen LogP contribution >= 0.6 is 0 Å². The topological polar surface area (TPSA) is 84.7 Å². The molecule has 0 radical (unpaired) electrons. The lowest BCUT2D eigenvalue weighted by atomic mass is 10.2. The fourth-order valence-corrected chi connectivity index (χ4v) is 2.19. The van der Waals surface area contributed by atoms with Gasteiger partial charge in [0, 0.05) is 13.1 Å². The molecule has 1 aromatic heterocycles. The highest BCUT2D eigenvalue weighted by Crippen LogP contribution is 2.34. The Hall–Kier alpha value is -2.78. The Bertz CT molecular complexity index is 786. The Morgan fingerprint density at radius 1 is 1.43 bits per heavy atom. The summed E-state index contributed by atoms with van der Waals surface area (Å²) in [6, 6.07) is 1.54. The third-order valence-corrected chi connectivity index (χ3v) is 3.37. The second-order valence-electron chi connectivity index (χ2n) is 4.87. The first-order valence-corrected chi connectivity index (χ1v) is 6.42. The van der Waals surface area contributed by atoms with Gasteiger partial charge in [0.2, 0.25) is 0 Å². The molecule has 0 aliphatic carbocycles. The molecule has 2 aromatic rings. The molecule has 0 fully saturated rings. The lowest BCUT2D eigenvalue weighted by molar-refractivity contribution is -0.174. The van der Waals surface area contributed by atoms with Crippen molar-refractivity contribution in [3.05, 3.63) is 18.5 Å². The molecule has 23 heavy (non-hydrogen) atoms. The van der Waals surface area contributed by atoms with E-state index in [1.807, 2.05) is 0 Å². The van der Waals surface area contributed by atoms with Crippen LogP contribution in [0.5, 0.6) is 5.75 Å². The molecule has 3 rings (SSSR count). The minimum absolute atomic E-state index is 0.244. The van der Waals surface area contributed by atoms with E-state index < -0.39 is 30.6 Å². The molecule has 0 unspecified atom stereocenters. The SMILES string of the molecule is CN1C(=O)[C@@H](NC(=O)C(F)(F)F)COc2cc3ocnc3cc21. The number of carbonyl (C=O) groups is 2. The van der Waals surface area contributed by atoms with E-state index in [2.05, 4.69) is 4.98 Å². The molecular weight excluding hydrogens is 319 g/mol. The average molecular weight is 329 g/mol. The second kappa shape index (κ2) is 5.14. The van der Waals surface area contributed by atoms with E-state index in [0.29, 0.717) is 16.8 Å². The molecule has 2 amide bonds. The highest BCUT2D eigenvalue weighted by Gasteiger charge is 2.42. The van der Waals surface area contributed by atoms with E-state index in [-0.39, 0.29) is 5.75 Å². The highest BCUT2D eigenvalue weighted by molar-refractivity contribution is 6.02. The van der Waals surface area contributed by atoms with Crippen LogP contribution in [0.2, 0.25) is 0 Å². The maximum atomic E-state index is 12.3. The third kappa shape index (κ3) is 2.67. The van der Waals surface area contributed by atoms with Crippen LogP contribution < -0.4 is 15.0 Å². The fourth-order valence-electron chi connectivity index (χ4n) is 2.19. The monoisotopic (exact) mass is 329 g/mol. The van der Waals surface area contributed by atoms with Gasteiger partial charge in [-0.1, -0.05) is 0 Å². The minimum Gasteiger partial charge on any atom is -0.489 e. The highest BCUT2D eigenvalue weighted by atomic mass is 19.4. The average Bonchev–Trinajstić information content (AvgIpc) is 2.90. The maximum absolute atomic E-state index is 12.3. The molecule has 1 aromatic carbocycles. The number of nitrogens with zero attached hydrogens (tertiary/aromatic N) is 2. The molecule has 1 aliphatic rings. The summed E-state index contributed by atoms with van der Waals surface area (Å²) >= 11 is 0.